The van der Waals surface area contributed by atoms with Gasteiger partial charge in [0.05, 0.1) is 33.4 Å². The van der Waals surface area contributed by atoms with Crippen LogP contribution in [0.3, 0.4) is 0 Å². The van der Waals surface area contributed by atoms with Crippen molar-refractivity contribution in [1.82, 2.24) is 18.7 Å². The number of hydrogen-bond donors (Lipinski definition) is 0. The number of para-hydroxylation sites is 8. The van der Waals surface area contributed by atoms with Crippen molar-refractivity contribution in [3.63, 3.8) is 0 Å². The third-order valence-electron chi connectivity index (χ3n) is 15.5. The number of aryl methyl sites for hydroxylation is 1. The van der Waals surface area contributed by atoms with Crippen LogP contribution in [0.5, 0.6) is 11.5 Å². The number of anilines is 3. The van der Waals surface area contributed by atoms with Crippen LogP contribution in [0.25, 0.3) is 116 Å². The molecule has 0 spiro atoms. The zero-order valence-electron chi connectivity index (χ0n) is 41.7. The van der Waals surface area contributed by atoms with Gasteiger partial charge in [0.15, 0.2) is 0 Å². The number of furan rings is 1. The average Bonchev–Trinajstić information content (AvgIpc) is 4.44. The molecule has 0 saturated carbocycles. The monoisotopic (exact) mass is 1170 g/mol. The normalized spacial score (nSPS) is 12.6. The van der Waals surface area contributed by atoms with E-state index in [0.717, 1.165) is 111 Å². The van der Waals surface area contributed by atoms with E-state index in [1.165, 1.54) is 21.5 Å². The summed E-state index contributed by atoms with van der Waals surface area (Å²) in [5, 5.41) is 8.77. The Morgan fingerprint density at radius 2 is 0.987 bits per heavy atom. The van der Waals surface area contributed by atoms with E-state index in [9.17, 15) is 0 Å². The maximum Gasteiger partial charge on any atom is 0.135 e. The fourth-order valence-electron chi connectivity index (χ4n) is 12.1. The number of aromatic nitrogens is 4. The van der Waals surface area contributed by atoms with E-state index in [-0.39, 0.29) is 21.1 Å². The summed E-state index contributed by atoms with van der Waals surface area (Å²) in [5.74, 6) is 1.87. The molecule has 0 aliphatic carbocycles. The molecular formula is C68H43N6O2Pt-3. The minimum atomic E-state index is 0. The molecule has 16 rings (SSSR count). The Kier molecular flexibility index (Phi) is 10.2. The van der Waals surface area contributed by atoms with Crippen molar-refractivity contribution in [3.8, 4) is 39.8 Å². The summed E-state index contributed by atoms with van der Waals surface area (Å²) in [7, 11) is 2.05. The van der Waals surface area contributed by atoms with Crippen molar-refractivity contribution in [1.29, 1.82) is 0 Å². The summed E-state index contributed by atoms with van der Waals surface area (Å²) >= 11 is 0. The molecule has 1 aliphatic rings. The topological polar surface area (TPSA) is 56.5 Å². The van der Waals surface area contributed by atoms with Crippen LogP contribution in [0.1, 0.15) is 5.56 Å². The van der Waals surface area contributed by atoms with Crippen molar-refractivity contribution in [2.75, 3.05) is 16.8 Å². The van der Waals surface area contributed by atoms with Gasteiger partial charge in [-0.25, -0.2) is 4.98 Å². The molecule has 5 aromatic heterocycles. The van der Waals surface area contributed by atoms with Gasteiger partial charge in [0.25, 0.3) is 0 Å². The molecule has 9 heteroatoms. The molecule has 0 amide bonds. The summed E-state index contributed by atoms with van der Waals surface area (Å²) in [6.07, 6.45) is 2.07. The third kappa shape index (κ3) is 6.71. The van der Waals surface area contributed by atoms with Crippen LogP contribution in [0.4, 0.5) is 17.1 Å². The van der Waals surface area contributed by atoms with Crippen LogP contribution >= 0.6 is 0 Å². The first kappa shape index (κ1) is 45.1. The molecule has 0 unspecified atom stereocenters. The Hall–Kier alpha value is -9.36. The number of nitrogens with zero attached hydrogens (tertiary/aromatic N) is 6. The van der Waals surface area contributed by atoms with Crippen LogP contribution < -0.4 is 14.5 Å². The SMILES string of the molecule is Cc1cc(-n2c3[c-]c(Oc4[c-]c(N5[CH-]N(C)c6ccccc65)cc5oc6ccccc6c45)ccc3c3ccccc32)ncc1-c1c(-n2c3ccccc3c3ccccc32)cccc1-n1c2ccccc2c2ccccc21.[Pt]. The summed E-state index contributed by atoms with van der Waals surface area (Å²) in [4.78, 5) is 9.71. The molecule has 0 N–H and O–H groups in total. The maximum absolute atomic E-state index is 7.02. The van der Waals surface area contributed by atoms with Crippen molar-refractivity contribution in [2.24, 2.45) is 0 Å². The number of ether oxygens (including phenoxy) is 1. The van der Waals surface area contributed by atoms with Crippen molar-refractivity contribution < 1.29 is 30.2 Å². The smallest absolute Gasteiger partial charge is 0.135 e. The average molecular weight is 1170 g/mol. The summed E-state index contributed by atoms with van der Waals surface area (Å²) in [6, 6.07) is 82.4. The minimum Gasteiger partial charge on any atom is -0.508 e. The van der Waals surface area contributed by atoms with Gasteiger partial charge in [-0.3, -0.25) is 0 Å². The second-order valence-electron chi connectivity index (χ2n) is 19.7. The second-order valence-corrected chi connectivity index (χ2v) is 19.7. The molecule has 10 aromatic carbocycles. The Bertz CT molecular complexity index is 4670. The fourth-order valence-corrected chi connectivity index (χ4v) is 12.1. The first-order valence-corrected chi connectivity index (χ1v) is 25.6. The molecule has 370 valence electrons. The zero-order chi connectivity index (χ0) is 50.2. The number of fused-ring (bicyclic) bond motifs is 13. The van der Waals surface area contributed by atoms with E-state index in [1.807, 2.05) is 30.3 Å². The molecule has 15 aromatic rings. The van der Waals surface area contributed by atoms with Gasteiger partial charge in [-0.2, -0.15) is 12.7 Å². The molecule has 0 fully saturated rings. The Balaban J connectivity index is 0.00000518. The van der Waals surface area contributed by atoms with Crippen molar-refractivity contribution >= 4 is 104 Å². The largest absolute Gasteiger partial charge is 0.508 e. The number of pyridine rings is 1. The van der Waals surface area contributed by atoms with E-state index in [2.05, 4.69) is 244 Å². The molecule has 0 saturated heterocycles. The molecule has 1 aliphatic heterocycles. The van der Waals surface area contributed by atoms with Gasteiger partial charge in [-0.05, 0) is 102 Å². The van der Waals surface area contributed by atoms with E-state index >= 15 is 0 Å². The quantitative estimate of drug-likeness (QED) is 0.149. The first-order chi connectivity index (χ1) is 37.5. The minimum absolute atomic E-state index is 0. The second kappa shape index (κ2) is 17.3. The van der Waals surface area contributed by atoms with Gasteiger partial charge in [0.1, 0.15) is 11.4 Å². The molecule has 0 atom stereocenters. The van der Waals surface area contributed by atoms with Crippen LogP contribution in [-0.4, -0.2) is 25.7 Å². The molecule has 77 heavy (non-hydrogen) atoms. The van der Waals surface area contributed by atoms with Crippen molar-refractivity contribution in [3.05, 3.63) is 243 Å². The Labute approximate surface area is 457 Å². The summed E-state index contributed by atoms with van der Waals surface area (Å²) < 4.78 is 20.6. The van der Waals surface area contributed by atoms with Crippen LogP contribution in [0.2, 0.25) is 0 Å². The van der Waals surface area contributed by atoms with Crippen LogP contribution in [0.15, 0.2) is 223 Å². The Morgan fingerprint density at radius 3 is 1.58 bits per heavy atom. The van der Waals surface area contributed by atoms with E-state index in [0.29, 0.717) is 17.1 Å². The maximum atomic E-state index is 7.02. The molecule has 8 nitrogen and oxygen atoms in total. The van der Waals surface area contributed by atoms with Gasteiger partial charge in [-0.1, -0.05) is 139 Å². The molecule has 0 radical (unpaired) electrons. The first-order valence-electron chi connectivity index (χ1n) is 25.6. The van der Waals surface area contributed by atoms with Crippen LogP contribution in [-0.2, 0) is 21.1 Å². The van der Waals surface area contributed by atoms with E-state index in [1.54, 1.807) is 0 Å². The predicted octanol–water partition coefficient (Wildman–Crippen LogP) is 17.3. The number of hydrogen-bond acceptors (Lipinski definition) is 5. The fraction of sp³-hybridized carbons (Fsp3) is 0.0294. The Morgan fingerprint density at radius 1 is 0.481 bits per heavy atom. The van der Waals surface area contributed by atoms with Gasteiger partial charge in [-0.15, -0.1) is 29.7 Å². The van der Waals surface area contributed by atoms with E-state index < -0.39 is 0 Å². The molecule has 0 bridgehead atoms. The molecule has 6 heterocycles. The van der Waals surface area contributed by atoms with Gasteiger partial charge < -0.3 is 32.7 Å². The van der Waals surface area contributed by atoms with E-state index in [4.69, 9.17) is 14.1 Å². The standard InChI is InChI=1S/C68H43N6O2.Pt/c1-42-36-66(69-40-52(42)67-60(72-53-24-9-3-18-45(53)46-19-4-10-25-54(46)72)31-17-32-61(67)73-55-26-11-5-20-47(55)48-21-6-12-27-56(48)73)74-57-28-13-7-22-49(57)50-35-34-44(39-62(50)74)75-64-37-43(71-41-70(2)58-29-14-15-30-59(58)71)38-65-68(64)51-23-8-16-33-63(51)76-65;/h3-36,38,40-41H,1-2H3;/q-3;. The molecular weight excluding hydrogens is 1130 g/mol. The number of rotatable bonds is 7. The van der Waals surface area contributed by atoms with Gasteiger partial charge in [0.2, 0.25) is 0 Å². The van der Waals surface area contributed by atoms with Gasteiger partial charge >= 0.3 is 0 Å². The predicted molar refractivity (Wildman–Crippen MR) is 310 cm³/mol. The van der Waals surface area contributed by atoms with Crippen LogP contribution in [0, 0.1) is 25.7 Å². The zero-order valence-corrected chi connectivity index (χ0v) is 44.0. The summed E-state index contributed by atoms with van der Waals surface area (Å²) in [5.41, 5.74) is 16.2. The third-order valence-corrected chi connectivity index (χ3v) is 15.5. The van der Waals surface area contributed by atoms with Gasteiger partial charge in [0, 0.05) is 93.9 Å². The number of benzene rings is 10. The van der Waals surface area contributed by atoms with Crippen molar-refractivity contribution in [2.45, 2.75) is 6.92 Å². The summed E-state index contributed by atoms with van der Waals surface area (Å²) in [6.45, 7) is 4.28.